The van der Waals surface area contributed by atoms with Gasteiger partial charge in [0.15, 0.2) is 11.6 Å². The highest BCUT2D eigenvalue weighted by Crippen LogP contribution is 2.29. The lowest BCUT2D eigenvalue weighted by atomic mass is 10.2. The molecule has 0 fully saturated rings. The largest absolute Gasteiger partial charge is 0.478 e. The predicted molar refractivity (Wildman–Crippen MR) is 82.0 cm³/mol. The van der Waals surface area contributed by atoms with Crippen molar-refractivity contribution in [3.63, 3.8) is 0 Å². The van der Waals surface area contributed by atoms with E-state index in [1.165, 1.54) is 12.1 Å². The van der Waals surface area contributed by atoms with Crippen LogP contribution >= 0.6 is 15.9 Å². The zero-order valence-electron chi connectivity index (χ0n) is 11.1. The number of carboxylic acids is 1. The minimum Gasteiger partial charge on any atom is -0.478 e. The summed E-state index contributed by atoms with van der Waals surface area (Å²) in [6.07, 6.45) is 2.50. The van der Waals surface area contributed by atoms with E-state index in [1.54, 1.807) is 30.3 Å². The van der Waals surface area contributed by atoms with Crippen molar-refractivity contribution in [1.82, 2.24) is 0 Å². The Balaban J connectivity index is 2.24. The molecule has 0 aliphatic carbocycles. The van der Waals surface area contributed by atoms with Crippen molar-refractivity contribution in [2.75, 3.05) is 0 Å². The number of rotatable bonds is 4. The van der Waals surface area contributed by atoms with Crippen LogP contribution in [0.2, 0.25) is 0 Å². The molecule has 108 valence electrons. The Labute approximate surface area is 129 Å². The first-order valence-corrected chi connectivity index (χ1v) is 6.89. The van der Waals surface area contributed by atoms with Crippen molar-refractivity contribution in [1.29, 1.82) is 0 Å². The molecule has 0 amide bonds. The van der Waals surface area contributed by atoms with Crippen molar-refractivity contribution >= 4 is 28.0 Å². The van der Waals surface area contributed by atoms with E-state index in [0.717, 1.165) is 11.6 Å². The second kappa shape index (κ2) is 6.54. The van der Waals surface area contributed by atoms with Crippen LogP contribution in [0.5, 0.6) is 11.5 Å². The van der Waals surface area contributed by atoms with Gasteiger partial charge < -0.3 is 9.84 Å². The lowest BCUT2D eigenvalue weighted by molar-refractivity contribution is -0.131. The molecule has 0 heterocycles. The maximum atomic E-state index is 13.6. The van der Waals surface area contributed by atoms with E-state index >= 15 is 0 Å². The molecule has 0 radical (unpaired) electrons. The van der Waals surface area contributed by atoms with Gasteiger partial charge in [-0.25, -0.2) is 9.18 Å². The quantitative estimate of drug-likeness (QED) is 0.806. The second-order valence-electron chi connectivity index (χ2n) is 4.39. The summed E-state index contributed by atoms with van der Waals surface area (Å²) in [6.45, 7) is 1.85. The smallest absolute Gasteiger partial charge is 0.328 e. The number of aliphatic carboxylic acids is 1. The van der Waals surface area contributed by atoms with Crippen molar-refractivity contribution < 1.29 is 19.0 Å². The van der Waals surface area contributed by atoms with Crippen LogP contribution in [0.25, 0.3) is 6.08 Å². The highest BCUT2D eigenvalue weighted by molar-refractivity contribution is 9.10. The van der Waals surface area contributed by atoms with Crippen molar-refractivity contribution in [3.05, 3.63) is 63.9 Å². The number of carboxylic acid groups (broad SMARTS) is 1. The Morgan fingerprint density at radius 2 is 2.05 bits per heavy atom. The van der Waals surface area contributed by atoms with Gasteiger partial charge in [-0.05, 0) is 48.4 Å². The number of benzene rings is 2. The molecule has 0 spiro atoms. The molecular weight excluding hydrogens is 339 g/mol. The standard InChI is InChI=1S/C16H12BrFO3/c1-10-2-6-14(18)15(8-10)21-12-5-3-11(13(17)9-12)4-7-16(19)20/h2-9H,1H3,(H,19,20)/b7-4+. The first-order chi connectivity index (χ1) is 9.95. The summed E-state index contributed by atoms with van der Waals surface area (Å²) in [7, 11) is 0. The summed E-state index contributed by atoms with van der Waals surface area (Å²) in [5.41, 5.74) is 1.58. The molecule has 0 aromatic heterocycles. The molecule has 2 rings (SSSR count). The zero-order valence-corrected chi connectivity index (χ0v) is 12.7. The van der Waals surface area contributed by atoms with Gasteiger partial charge in [0.2, 0.25) is 0 Å². The molecule has 5 heteroatoms. The lowest BCUT2D eigenvalue weighted by Gasteiger charge is -2.09. The molecule has 0 aliphatic rings. The summed E-state index contributed by atoms with van der Waals surface area (Å²) >= 11 is 3.33. The summed E-state index contributed by atoms with van der Waals surface area (Å²) < 4.78 is 19.8. The summed E-state index contributed by atoms with van der Waals surface area (Å²) in [5, 5.41) is 8.60. The van der Waals surface area contributed by atoms with Crippen LogP contribution in [0.1, 0.15) is 11.1 Å². The fourth-order valence-electron chi connectivity index (χ4n) is 1.68. The molecule has 0 bridgehead atoms. The molecule has 2 aromatic carbocycles. The van der Waals surface area contributed by atoms with Crippen molar-refractivity contribution in [3.8, 4) is 11.5 Å². The van der Waals surface area contributed by atoms with E-state index in [9.17, 15) is 9.18 Å². The molecule has 0 unspecified atom stereocenters. The highest BCUT2D eigenvalue weighted by Gasteiger charge is 2.06. The van der Waals surface area contributed by atoms with Gasteiger partial charge in [-0.1, -0.05) is 28.1 Å². The second-order valence-corrected chi connectivity index (χ2v) is 5.25. The molecule has 3 nitrogen and oxygen atoms in total. The van der Waals surface area contributed by atoms with Crippen LogP contribution in [0.15, 0.2) is 46.9 Å². The lowest BCUT2D eigenvalue weighted by Crippen LogP contribution is -1.90. The predicted octanol–water partition coefficient (Wildman–Crippen LogP) is 4.79. The summed E-state index contributed by atoms with van der Waals surface area (Å²) in [6, 6.07) is 9.62. The first kappa shape index (κ1) is 15.3. The van der Waals surface area contributed by atoms with Crippen LogP contribution in [-0.4, -0.2) is 11.1 Å². The summed E-state index contributed by atoms with van der Waals surface area (Å²) in [4.78, 5) is 10.5. The van der Waals surface area contributed by atoms with Gasteiger partial charge in [-0.15, -0.1) is 0 Å². The van der Waals surface area contributed by atoms with E-state index in [-0.39, 0.29) is 5.75 Å². The van der Waals surface area contributed by atoms with Gasteiger partial charge in [0.25, 0.3) is 0 Å². The van der Waals surface area contributed by atoms with Crippen LogP contribution in [0.4, 0.5) is 4.39 Å². The van der Waals surface area contributed by atoms with E-state index < -0.39 is 11.8 Å². The highest BCUT2D eigenvalue weighted by atomic mass is 79.9. The van der Waals surface area contributed by atoms with Gasteiger partial charge in [-0.2, -0.15) is 0 Å². The van der Waals surface area contributed by atoms with E-state index in [4.69, 9.17) is 9.84 Å². The third kappa shape index (κ3) is 4.16. The molecule has 2 aromatic rings. The number of hydrogen-bond donors (Lipinski definition) is 1. The van der Waals surface area contributed by atoms with Crippen molar-refractivity contribution in [2.45, 2.75) is 6.92 Å². The fourth-order valence-corrected chi connectivity index (χ4v) is 2.17. The molecule has 0 atom stereocenters. The normalized spacial score (nSPS) is 10.8. The topological polar surface area (TPSA) is 46.5 Å². The van der Waals surface area contributed by atoms with Gasteiger partial charge >= 0.3 is 5.97 Å². The van der Waals surface area contributed by atoms with Crippen LogP contribution < -0.4 is 4.74 Å². The van der Waals surface area contributed by atoms with Crippen LogP contribution in [0, 0.1) is 12.7 Å². The first-order valence-electron chi connectivity index (χ1n) is 6.10. The monoisotopic (exact) mass is 350 g/mol. The number of aryl methyl sites for hydroxylation is 1. The zero-order chi connectivity index (χ0) is 15.4. The SMILES string of the molecule is Cc1ccc(F)c(Oc2ccc(/C=C/C(=O)O)c(Br)c2)c1. The van der Waals surface area contributed by atoms with E-state index in [2.05, 4.69) is 15.9 Å². The Morgan fingerprint density at radius 3 is 2.71 bits per heavy atom. The van der Waals surface area contributed by atoms with Gasteiger partial charge in [0.05, 0.1) is 0 Å². The molecule has 21 heavy (non-hydrogen) atoms. The van der Waals surface area contributed by atoms with E-state index in [0.29, 0.717) is 15.8 Å². The minimum absolute atomic E-state index is 0.149. The van der Waals surface area contributed by atoms with Crippen LogP contribution in [0.3, 0.4) is 0 Å². The number of ether oxygens (including phenoxy) is 1. The number of carbonyl (C=O) groups is 1. The number of hydrogen-bond acceptors (Lipinski definition) is 2. The average Bonchev–Trinajstić information content (AvgIpc) is 2.42. The van der Waals surface area contributed by atoms with Gasteiger partial charge in [-0.3, -0.25) is 0 Å². The van der Waals surface area contributed by atoms with E-state index in [1.807, 2.05) is 6.92 Å². The maximum absolute atomic E-state index is 13.6. The molecule has 0 aliphatic heterocycles. The minimum atomic E-state index is -1.02. The van der Waals surface area contributed by atoms with Crippen LogP contribution in [-0.2, 0) is 4.79 Å². The molecule has 0 saturated heterocycles. The van der Waals surface area contributed by atoms with Gasteiger partial charge in [0, 0.05) is 10.5 Å². The Morgan fingerprint density at radius 1 is 1.29 bits per heavy atom. The maximum Gasteiger partial charge on any atom is 0.328 e. The fraction of sp³-hybridized carbons (Fsp3) is 0.0625. The summed E-state index contributed by atoms with van der Waals surface area (Å²) in [5.74, 6) is -0.856. The Hall–Kier alpha value is -2.14. The Kier molecular flexibility index (Phi) is 4.75. The molecule has 1 N–H and O–H groups in total. The average molecular weight is 351 g/mol. The number of halogens is 2. The molecular formula is C16H12BrFO3. The third-order valence-corrected chi connectivity index (χ3v) is 3.38. The third-order valence-electron chi connectivity index (χ3n) is 2.69. The van der Waals surface area contributed by atoms with Gasteiger partial charge in [0.1, 0.15) is 5.75 Å². The molecule has 0 saturated carbocycles. The van der Waals surface area contributed by atoms with Crippen molar-refractivity contribution in [2.24, 2.45) is 0 Å². The Bertz CT molecular complexity index is 711.